The van der Waals surface area contributed by atoms with Crippen molar-refractivity contribution in [1.29, 1.82) is 0 Å². The number of halogens is 1. The third-order valence-electron chi connectivity index (χ3n) is 9.20. The van der Waals surface area contributed by atoms with Crippen molar-refractivity contribution in [2.75, 3.05) is 0 Å². The van der Waals surface area contributed by atoms with Gasteiger partial charge in [-0.3, -0.25) is 0 Å². The van der Waals surface area contributed by atoms with Crippen molar-refractivity contribution in [2.45, 2.75) is 62.7 Å². The van der Waals surface area contributed by atoms with E-state index in [0.717, 1.165) is 41.4 Å². The highest BCUT2D eigenvalue weighted by Gasteiger charge is 2.57. The van der Waals surface area contributed by atoms with Crippen molar-refractivity contribution in [1.82, 2.24) is 0 Å². The zero-order valence-electron chi connectivity index (χ0n) is 15.8. The highest BCUT2D eigenvalue weighted by molar-refractivity contribution is 9.10. The van der Waals surface area contributed by atoms with Gasteiger partial charge in [0.05, 0.1) is 0 Å². The van der Waals surface area contributed by atoms with Crippen molar-refractivity contribution in [3.63, 3.8) is 0 Å². The van der Waals surface area contributed by atoms with Gasteiger partial charge in [0, 0.05) is 4.47 Å². The van der Waals surface area contributed by atoms with E-state index in [1.807, 2.05) is 5.56 Å². The lowest BCUT2D eigenvalue weighted by atomic mass is 9.57. The molecular weight excluding hydrogens is 392 g/mol. The van der Waals surface area contributed by atoms with Gasteiger partial charge in [-0.05, 0) is 120 Å². The molecule has 7 rings (SSSR count). The summed E-state index contributed by atoms with van der Waals surface area (Å²) in [6.45, 7) is 0. The quantitative estimate of drug-likeness (QED) is 0.469. The maximum Gasteiger partial charge on any atom is 0.0175 e. The second-order valence-electron chi connectivity index (χ2n) is 10.2. The highest BCUT2D eigenvalue weighted by Crippen LogP contribution is 2.71. The monoisotopic (exact) mass is 418 g/mol. The predicted molar refractivity (Wildman–Crippen MR) is 114 cm³/mol. The number of hydrogen-bond acceptors (Lipinski definition) is 0. The van der Waals surface area contributed by atoms with Crippen LogP contribution in [0, 0.1) is 23.7 Å². The fraction of sp³-hybridized carbons (Fsp3) is 0.538. The van der Waals surface area contributed by atoms with Crippen molar-refractivity contribution >= 4 is 15.9 Å². The predicted octanol–water partition coefficient (Wildman–Crippen LogP) is 7.63. The molecule has 7 atom stereocenters. The molecule has 5 aliphatic carbocycles. The molecule has 7 unspecified atom stereocenters. The zero-order valence-corrected chi connectivity index (χ0v) is 17.4. The average Bonchev–Trinajstić information content (AvgIpc) is 3.44. The minimum atomic E-state index is 0.885. The van der Waals surface area contributed by atoms with Crippen LogP contribution in [0.4, 0.5) is 0 Å². The van der Waals surface area contributed by atoms with E-state index in [-0.39, 0.29) is 0 Å². The van der Waals surface area contributed by atoms with E-state index in [0.29, 0.717) is 0 Å². The number of fused-ring (bicyclic) bond motifs is 10. The summed E-state index contributed by atoms with van der Waals surface area (Å²) in [6.07, 6.45) is 10.5. The molecule has 138 valence electrons. The van der Waals surface area contributed by atoms with Crippen molar-refractivity contribution in [3.8, 4) is 11.1 Å². The Balaban J connectivity index is 1.40. The summed E-state index contributed by atoms with van der Waals surface area (Å²) in [5.74, 6) is 6.71. The van der Waals surface area contributed by atoms with Crippen LogP contribution in [0.15, 0.2) is 40.9 Å². The lowest BCUT2D eigenvalue weighted by Crippen LogP contribution is -2.33. The topological polar surface area (TPSA) is 0 Å². The SMILES string of the molecule is Brc1ccc(-c2ccc(C3CC4CCC3C4)c3c2C2C4CCC(C4)C32)cc1. The van der Waals surface area contributed by atoms with Crippen molar-refractivity contribution in [2.24, 2.45) is 23.7 Å². The van der Waals surface area contributed by atoms with Gasteiger partial charge in [-0.25, -0.2) is 0 Å². The van der Waals surface area contributed by atoms with Crippen LogP contribution in [0.5, 0.6) is 0 Å². The summed E-state index contributed by atoms with van der Waals surface area (Å²) in [6, 6.07) is 14.1. The molecule has 0 aromatic heterocycles. The van der Waals surface area contributed by atoms with Gasteiger partial charge in [0.15, 0.2) is 0 Å². The summed E-state index contributed by atoms with van der Waals surface area (Å²) in [5, 5.41) is 0. The van der Waals surface area contributed by atoms with E-state index < -0.39 is 0 Å². The van der Waals surface area contributed by atoms with E-state index in [4.69, 9.17) is 0 Å². The molecule has 1 heteroatoms. The first kappa shape index (κ1) is 15.8. The van der Waals surface area contributed by atoms with Crippen LogP contribution in [0.1, 0.15) is 79.4 Å². The Morgan fingerprint density at radius 2 is 1.41 bits per heavy atom. The largest absolute Gasteiger partial charge is 0.0578 e. The Hall–Kier alpha value is -1.08. The molecule has 0 N–H and O–H groups in total. The third-order valence-corrected chi connectivity index (χ3v) is 9.73. The first-order chi connectivity index (χ1) is 13.3. The molecule has 4 bridgehead atoms. The van der Waals surface area contributed by atoms with Crippen LogP contribution < -0.4 is 0 Å². The first-order valence-corrected chi connectivity index (χ1v) is 12.0. The van der Waals surface area contributed by atoms with Gasteiger partial charge in [-0.2, -0.15) is 0 Å². The molecule has 0 spiro atoms. The van der Waals surface area contributed by atoms with Gasteiger partial charge in [0.2, 0.25) is 0 Å². The first-order valence-electron chi connectivity index (χ1n) is 11.2. The van der Waals surface area contributed by atoms with Gasteiger partial charge in [0.1, 0.15) is 0 Å². The molecule has 2 aromatic carbocycles. The smallest absolute Gasteiger partial charge is 0.0175 e. The molecule has 0 radical (unpaired) electrons. The molecule has 0 heterocycles. The highest BCUT2D eigenvalue weighted by atomic mass is 79.9. The molecule has 0 amide bonds. The molecule has 4 fully saturated rings. The van der Waals surface area contributed by atoms with Crippen LogP contribution in [-0.2, 0) is 0 Å². The number of hydrogen-bond donors (Lipinski definition) is 0. The van der Waals surface area contributed by atoms with Crippen molar-refractivity contribution in [3.05, 3.63) is 57.6 Å². The molecule has 27 heavy (non-hydrogen) atoms. The average molecular weight is 419 g/mol. The fourth-order valence-corrected chi connectivity index (χ4v) is 8.50. The Bertz CT molecular complexity index is 926. The van der Waals surface area contributed by atoms with Crippen LogP contribution in [0.3, 0.4) is 0 Å². The Morgan fingerprint density at radius 1 is 0.667 bits per heavy atom. The summed E-state index contributed by atoms with van der Waals surface area (Å²) < 4.78 is 1.18. The normalized spacial score (nSPS) is 40.1. The number of benzene rings is 2. The van der Waals surface area contributed by atoms with Crippen LogP contribution >= 0.6 is 15.9 Å². The standard InChI is InChI=1S/C26H27Br/c27-19-7-5-15(6-8-19)20-9-10-21(22-12-14-1-2-16(22)11-14)26-24-18-4-3-17(13-18)23(24)25(20)26/h5-10,14,16-18,22-24H,1-4,11-13H2. The van der Waals surface area contributed by atoms with Gasteiger partial charge in [-0.1, -0.05) is 46.6 Å². The summed E-state index contributed by atoms with van der Waals surface area (Å²) in [4.78, 5) is 0. The van der Waals surface area contributed by atoms with Gasteiger partial charge in [0.25, 0.3) is 0 Å². The van der Waals surface area contributed by atoms with Gasteiger partial charge in [-0.15, -0.1) is 0 Å². The number of rotatable bonds is 2. The summed E-state index contributed by atoms with van der Waals surface area (Å²) in [5.41, 5.74) is 8.42. The van der Waals surface area contributed by atoms with Crippen LogP contribution in [0.2, 0.25) is 0 Å². The molecular formula is C26H27Br. The van der Waals surface area contributed by atoms with Gasteiger partial charge < -0.3 is 0 Å². The molecule has 0 aliphatic heterocycles. The molecule has 0 nitrogen and oxygen atoms in total. The minimum absolute atomic E-state index is 0.885. The van der Waals surface area contributed by atoms with E-state index in [2.05, 4.69) is 52.3 Å². The van der Waals surface area contributed by atoms with E-state index in [1.54, 1.807) is 16.7 Å². The Morgan fingerprint density at radius 3 is 2.11 bits per heavy atom. The Kier molecular flexibility index (Phi) is 3.22. The van der Waals surface area contributed by atoms with E-state index in [9.17, 15) is 0 Å². The molecule has 0 saturated heterocycles. The molecule has 5 aliphatic rings. The zero-order chi connectivity index (χ0) is 17.7. The van der Waals surface area contributed by atoms with Crippen LogP contribution in [-0.4, -0.2) is 0 Å². The maximum absolute atomic E-state index is 3.61. The summed E-state index contributed by atoms with van der Waals surface area (Å²) >= 11 is 3.61. The minimum Gasteiger partial charge on any atom is -0.0578 e. The maximum atomic E-state index is 3.61. The lowest BCUT2D eigenvalue weighted by Gasteiger charge is -2.47. The van der Waals surface area contributed by atoms with E-state index >= 15 is 0 Å². The lowest BCUT2D eigenvalue weighted by molar-refractivity contribution is 0.315. The second kappa shape index (κ2) is 5.50. The van der Waals surface area contributed by atoms with Gasteiger partial charge >= 0.3 is 0 Å². The molecule has 4 saturated carbocycles. The Labute approximate surface area is 170 Å². The third kappa shape index (κ3) is 2.05. The fourth-order valence-electron chi connectivity index (χ4n) is 8.24. The van der Waals surface area contributed by atoms with E-state index in [1.165, 1.54) is 55.0 Å². The second-order valence-corrected chi connectivity index (χ2v) is 11.1. The molecule has 2 aromatic rings. The van der Waals surface area contributed by atoms with Crippen LogP contribution in [0.25, 0.3) is 11.1 Å². The van der Waals surface area contributed by atoms with Crippen molar-refractivity contribution < 1.29 is 0 Å². The summed E-state index contributed by atoms with van der Waals surface area (Å²) in [7, 11) is 0.